The maximum Gasteiger partial charge on any atom is 0.357 e. The van der Waals surface area contributed by atoms with Crippen molar-refractivity contribution in [3.63, 3.8) is 0 Å². The van der Waals surface area contributed by atoms with Crippen molar-refractivity contribution < 1.29 is 28.6 Å². The topological polar surface area (TPSA) is 128 Å². The van der Waals surface area contributed by atoms with E-state index in [-0.39, 0.29) is 27.1 Å². The molecule has 0 fully saturated rings. The first-order chi connectivity index (χ1) is 11.8. The monoisotopic (exact) mass is 411 g/mol. The smallest absolute Gasteiger partial charge is 0.357 e. The van der Waals surface area contributed by atoms with Crippen LogP contribution < -0.4 is 5.73 Å². The summed E-state index contributed by atoms with van der Waals surface area (Å²) in [6.07, 6.45) is 1.15. The minimum atomic E-state index is -1.13. The zero-order valence-corrected chi connectivity index (χ0v) is 14.5. The molecule has 0 atom stereocenters. The molecule has 25 heavy (non-hydrogen) atoms. The van der Waals surface area contributed by atoms with Crippen molar-refractivity contribution in [2.24, 2.45) is 0 Å². The van der Waals surface area contributed by atoms with Gasteiger partial charge in [0.25, 0.3) is 0 Å². The number of phenolic OH excluding ortho intramolecular Hbond substituents is 1. The van der Waals surface area contributed by atoms with Gasteiger partial charge in [-0.2, -0.15) is 5.26 Å². The Morgan fingerprint density at radius 3 is 2.48 bits per heavy atom. The average molecular weight is 412 g/mol. The molecule has 0 aliphatic heterocycles. The summed E-state index contributed by atoms with van der Waals surface area (Å²) < 4.78 is 24.1. The third kappa shape index (κ3) is 2.89. The van der Waals surface area contributed by atoms with Gasteiger partial charge < -0.3 is 24.9 Å². The summed E-state index contributed by atoms with van der Waals surface area (Å²) in [6.45, 7) is 0. The molecule has 0 amide bonds. The number of ether oxygens (including phenoxy) is 2. The first-order valence-corrected chi connectivity index (χ1v) is 7.36. The zero-order valence-electron chi connectivity index (χ0n) is 13.0. The van der Waals surface area contributed by atoms with Gasteiger partial charge in [0.2, 0.25) is 0 Å². The third-order valence-corrected chi connectivity index (χ3v) is 3.94. The second-order valence-corrected chi connectivity index (χ2v) is 5.54. The number of rotatable bonds is 3. The highest BCUT2D eigenvalue weighted by atomic mass is 79.9. The molecule has 0 saturated heterocycles. The Morgan fingerprint density at radius 1 is 1.36 bits per heavy atom. The van der Waals surface area contributed by atoms with Crippen LogP contribution in [0.5, 0.6) is 5.75 Å². The molecule has 3 N–H and O–H groups in total. The molecule has 2 aromatic rings. The van der Waals surface area contributed by atoms with E-state index in [0.29, 0.717) is 0 Å². The number of halogens is 2. The SMILES string of the molecule is COC(=O)c1c(O)c(-n2cc(C#N)c(N)c2C(=O)OC)cc(Br)c1F. The molecule has 10 heteroatoms. The first-order valence-electron chi connectivity index (χ1n) is 6.57. The van der Waals surface area contributed by atoms with Crippen molar-refractivity contribution in [3.05, 3.63) is 39.4 Å². The molecule has 1 aromatic heterocycles. The van der Waals surface area contributed by atoms with E-state index in [1.165, 1.54) is 0 Å². The van der Waals surface area contributed by atoms with Gasteiger partial charge in [0.05, 0.1) is 35.6 Å². The zero-order chi connectivity index (χ0) is 18.9. The van der Waals surface area contributed by atoms with E-state index in [1.54, 1.807) is 6.07 Å². The van der Waals surface area contributed by atoms with E-state index in [0.717, 1.165) is 31.0 Å². The second-order valence-electron chi connectivity index (χ2n) is 4.69. The van der Waals surface area contributed by atoms with Crippen LogP contribution in [0.25, 0.3) is 5.69 Å². The van der Waals surface area contributed by atoms with E-state index in [2.05, 4.69) is 25.4 Å². The molecule has 1 aromatic carbocycles. The molecule has 0 spiro atoms. The molecule has 0 unspecified atom stereocenters. The number of hydrogen-bond acceptors (Lipinski definition) is 7. The number of nitrogens with two attached hydrogens (primary N) is 1. The second kappa shape index (κ2) is 6.82. The van der Waals surface area contributed by atoms with Crippen LogP contribution in [-0.4, -0.2) is 35.8 Å². The van der Waals surface area contributed by atoms with Crippen molar-refractivity contribution in [2.75, 3.05) is 20.0 Å². The molecule has 130 valence electrons. The summed E-state index contributed by atoms with van der Waals surface area (Å²) in [7, 11) is 2.12. The Bertz CT molecular complexity index is 932. The molecule has 0 aliphatic carbocycles. The lowest BCUT2D eigenvalue weighted by Gasteiger charge is -2.14. The van der Waals surface area contributed by atoms with Gasteiger partial charge in [-0.1, -0.05) is 0 Å². The highest BCUT2D eigenvalue weighted by Gasteiger charge is 2.28. The summed E-state index contributed by atoms with van der Waals surface area (Å²) >= 11 is 2.93. The van der Waals surface area contributed by atoms with Crippen LogP contribution in [0, 0.1) is 17.1 Å². The van der Waals surface area contributed by atoms with Gasteiger partial charge in [0.1, 0.15) is 11.6 Å². The van der Waals surface area contributed by atoms with Gasteiger partial charge in [-0.15, -0.1) is 0 Å². The van der Waals surface area contributed by atoms with Gasteiger partial charge in [-0.05, 0) is 22.0 Å². The van der Waals surface area contributed by atoms with E-state index < -0.39 is 29.1 Å². The number of aromatic nitrogens is 1. The van der Waals surface area contributed by atoms with Gasteiger partial charge in [-0.25, -0.2) is 14.0 Å². The minimum Gasteiger partial charge on any atom is -0.505 e. The number of carbonyl (C=O) groups is 2. The minimum absolute atomic E-state index is 0.0696. The Kier molecular flexibility index (Phi) is 4.99. The average Bonchev–Trinajstić information content (AvgIpc) is 2.93. The molecule has 0 saturated carbocycles. The summed E-state index contributed by atoms with van der Waals surface area (Å²) in [6, 6.07) is 2.90. The molecule has 0 radical (unpaired) electrons. The van der Waals surface area contributed by atoms with Crippen LogP contribution in [0.2, 0.25) is 0 Å². The van der Waals surface area contributed by atoms with Crippen molar-refractivity contribution in [3.8, 4) is 17.5 Å². The lowest BCUT2D eigenvalue weighted by Crippen LogP contribution is -2.13. The number of nitrogens with zero attached hydrogens (tertiary/aromatic N) is 2. The number of nitrogen functional groups attached to an aromatic ring is 1. The van der Waals surface area contributed by atoms with Gasteiger partial charge in [0, 0.05) is 6.20 Å². The van der Waals surface area contributed by atoms with Crippen molar-refractivity contribution in [1.29, 1.82) is 5.26 Å². The fourth-order valence-corrected chi connectivity index (χ4v) is 2.59. The number of esters is 2. The number of benzene rings is 1. The lowest BCUT2D eigenvalue weighted by molar-refractivity contribution is 0.0585. The van der Waals surface area contributed by atoms with Crippen molar-refractivity contribution in [1.82, 2.24) is 4.57 Å². The molecular formula is C15H11BrFN3O5. The molecule has 0 bridgehead atoms. The predicted octanol–water partition coefficient (Wildman–Crippen LogP) is 2.11. The number of phenols is 1. The normalized spacial score (nSPS) is 10.2. The first kappa shape index (κ1) is 18.3. The van der Waals surface area contributed by atoms with Crippen molar-refractivity contribution >= 4 is 33.6 Å². The molecular weight excluding hydrogens is 401 g/mol. The molecule has 2 rings (SSSR count). The number of hydrogen-bond donors (Lipinski definition) is 2. The number of aromatic hydroxyl groups is 1. The van der Waals surface area contributed by atoms with E-state index in [4.69, 9.17) is 11.0 Å². The van der Waals surface area contributed by atoms with E-state index >= 15 is 0 Å². The van der Waals surface area contributed by atoms with Crippen LogP contribution in [0.4, 0.5) is 10.1 Å². The van der Waals surface area contributed by atoms with Crippen LogP contribution in [0.15, 0.2) is 16.7 Å². The number of methoxy groups -OCH3 is 2. The third-order valence-electron chi connectivity index (χ3n) is 3.36. The van der Waals surface area contributed by atoms with E-state index in [9.17, 15) is 19.1 Å². The summed E-state index contributed by atoms with van der Waals surface area (Å²) in [5.41, 5.74) is 4.33. The largest absolute Gasteiger partial charge is 0.505 e. The fourth-order valence-electron chi connectivity index (χ4n) is 2.18. The highest BCUT2D eigenvalue weighted by Crippen LogP contribution is 2.36. The standard InChI is InChI=1S/C15H11BrFN3O5/c1-24-14(22)9-10(17)7(16)3-8(13(9)21)20-5-6(4-18)11(19)12(20)15(23)25-2/h3,5,21H,19H2,1-2H3. The van der Waals surface area contributed by atoms with E-state index in [1.807, 2.05) is 0 Å². The van der Waals surface area contributed by atoms with Crippen LogP contribution in [0.3, 0.4) is 0 Å². The number of nitriles is 1. The predicted molar refractivity (Wildman–Crippen MR) is 86.9 cm³/mol. The Hall–Kier alpha value is -3.06. The van der Waals surface area contributed by atoms with Crippen LogP contribution >= 0.6 is 15.9 Å². The Morgan fingerprint density at radius 2 is 1.96 bits per heavy atom. The summed E-state index contributed by atoms with van der Waals surface area (Å²) in [5.74, 6) is -3.86. The van der Waals surface area contributed by atoms with Crippen LogP contribution in [-0.2, 0) is 9.47 Å². The fraction of sp³-hybridized carbons (Fsp3) is 0.133. The molecule has 8 nitrogen and oxygen atoms in total. The highest BCUT2D eigenvalue weighted by molar-refractivity contribution is 9.10. The molecule has 1 heterocycles. The van der Waals surface area contributed by atoms with Crippen LogP contribution in [0.1, 0.15) is 26.4 Å². The lowest BCUT2D eigenvalue weighted by atomic mass is 10.1. The summed E-state index contributed by atoms with van der Waals surface area (Å²) in [4.78, 5) is 23.8. The Balaban J connectivity index is 2.89. The quantitative estimate of drug-likeness (QED) is 0.739. The molecule has 0 aliphatic rings. The Labute approximate surface area is 149 Å². The number of carbonyl (C=O) groups excluding carboxylic acids is 2. The van der Waals surface area contributed by atoms with Gasteiger partial charge in [-0.3, -0.25) is 0 Å². The number of anilines is 1. The maximum absolute atomic E-state index is 14.2. The maximum atomic E-state index is 14.2. The van der Waals surface area contributed by atoms with Crippen molar-refractivity contribution in [2.45, 2.75) is 0 Å². The summed E-state index contributed by atoms with van der Waals surface area (Å²) in [5, 5.41) is 19.4. The van der Waals surface area contributed by atoms with Gasteiger partial charge >= 0.3 is 11.9 Å². The van der Waals surface area contributed by atoms with Gasteiger partial charge in [0.15, 0.2) is 17.3 Å².